The van der Waals surface area contributed by atoms with Crippen LogP contribution in [-0.2, 0) is 11.3 Å². The first-order valence-electron chi connectivity index (χ1n) is 4.81. The molecule has 0 atom stereocenters. The maximum atomic E-state index is 12.0. The minimum Gasteiger partial charge on any atom is -0.370 e. The van der Waals surface area contributed by atoms with Gasteiger partial charge in [-0.05, 0) is 17.9 Å². The molecule has 0 radical (unpaired) electrons. The van der Waals surface area contributed by atoms with Gasteiger partial charge in [0.25, 0.3) is 5.56 Å². The van der Waals surface area contributed by atoms with Gasteiger partial charge in [0.05, 0.1) is 11.7 Å². The molecule has 0 aliphatic carbocycles. The molecular weight excluding hydrogens is 226 g/mol. The molecule has 84 valence electrons. The van der Waals surface area contributed by atoms with Gasteiger partial charge in [0.15, 0.2) is 0 Å². The van der Waals surface area contributed by atoms with Crippen molar-refractivity contribution in [3.8, 4) is 0 Å². The number of amides is 1. The van der Waals surface area contributed by atoms with Crippen LogP contribution in [0.2, 0.25) is 0 Å². The van der Waals surface area contributed by atoms with Gasteiger partial charge >= 0.3 is 0 Å². The van der Waals surface area contributed by atoms with Gasteiger partial charge in [-0.15, -0.1) is 11.3 Å². The predicted octanol–water partition coefficient (Wildman–Crippen LogP) is 0.642. The van der Waals surface area contributed by atoms with E-state index in [4.69, 9.17) is 5.73 Å². The molecule has 0 fully saturated rings. The smallest absolute Gasteiger partial charge is 0.262 e. The molecule has 0 bridgehead atoms. The summed E-state index contributed by atoms with van der Waals surface area (Å²) in [6.07, 6.45) is 1.61. The van der Waals surface area contributed by atoms with Crippen LogP contribution in [-0.4, -0.2) is 15.5 Å². The van der Waals surface area contributed by atoms with Crippen LogP contribution in [0.4, 0.5) is 0 Å². The maximum absolute atomic E-state index is 12.0. The first-order chi connectivity index (χ1) is 7.59. The molecular formula is C10H11N3O2S. The first kappa shape index (κ1) is 10.8. The highest BCUT2D eigenvalue weighted by atomic mass is 32.1. The third-order valence-corrected chi connectivity index (χ3v) is 3.35. The number of hydrogen-bond donors (Lipinski definition) is 1. The van der Waals surface area contributed by atoms with Crippen molar-refractivity contribution in [2.45, 2.75) is 19.9 Å². The van der Waals surface area contributed by atoms with E-state index in [1.807, 2.05) is 12.3 Å². The van der Waals surface area contributed by atoms with Crippen LogP contribution in [0, 0.1) is 6.92 Å². The largest absolute Gasteiger partial charge is 0.370 e. The lowest BCUT2D eigenvalue weighted by atomic mass is 10.3. The number of primary amides is 1. The van der Waals surface area contributed by atoms with Crippen LogP contribution in [0.25, 0.3) is 10.2 Å². The summed E-state index contributed by atoms with van der Waals surface area (Å²) in [5.74, 6) is -0.422. The number of thiophene rings is 1. The monoisotopic (exact) mass is 237 g/mol. The lowest BCUT2D eigenvalue weighted by Crippen LogP contribution is -2.23. The zero-order valence-electron chi connectivity index (χ0n) is 8.77. The lowest BCUT2D eigenvalue weighted by Gasteiger charge is -2.03. The lowest BCUT2D eigenvalue weighted by molar-refractivity contribution is -0.118. The van der Waals surface area contributed by atoms with Crippen LogP contribution in [0.15, 0.2) is 16.5 Å². The van der Waals surface area contributed by atoms with Gasteiger partial charge in [0.2, 0.25) is 5.91 Å². The summed E-state index contributed by atoms with van der Waals surface area (Å²) in [5.41, 5.74) is 5.86. The molecule has 0 aliphatic rings. The number of hydrogen-bond acceptors (Lipinski definition) is 4. The second kappa shape index (κ2) is 4.05. The average molecular weight is 237 g/mol. The zero-order valence-corrected chi connectivity index (χ0v) is 9.58. The molecule has 0 saturated heterocycles. The third-order valence-electron chi connectivity index (χ3n) is 2.34. The van der Waals surface area contributed by atoms with Gasteiger partial charge in [0, 0.05) is 13.0 Å². The molecule has 2 aromatic heterocycles. The molecule has 2 heterocycles. The third kappa shape index (κ3) is 1.83. The van der Waals surface area contributed by atoms with Gasteiger partial charge in [-0.3, -0.25) is 14.2 Å². The number of fused-ring (bicyclic) bond motifs is 1. The van der Waals surface area contributed by atoms with E-state index in [0.717, 1.165) is 10.4 Å². The molecule has 1 amide bonds. The fraction of sp³-hybridized carbons (Fsp3) is 0.300. The molecule has 0 spiro atoms. The van der Waals surface area contributed by atoms with Gasteiger partial charge < -0.3 is 5.73 Å². The van der Waals surface area contributed by atoms with E-state index in [-0.39, 0.29) is 18.5 Å². The van der Waals surface area contributed by atoms with Gasteiger partial charge in [0.1, 0.15) is 4.83 Å². The molecule has 16 heavy (non-hydrogen) atoms. The summed E-state index contributed by atoms with van der Waals surface area (Å²) in [4.78, 5) is 27.6. The fourth-order valence-corrected chi connectivity index (χ4v) is 2.37. The van der Waals surface area contributed by atoms with E-state index in [9.17, 15) is 9.59 Å². The molecule has 0 saturated carbocycles. The van der Waals surface area contributed by atoms with Gasteiger partial charge in [-0.2, -0.15) is 0 Å². The van der Waals surface area contributed by atoms with Crippen LogP contribution >= 0.6 is 11.3 Å². The Morgan fingerprint density at radius 3 is 3.06 bits per heavy atom. The predicted molar refractivity (Wildman–Crippen MR) is 62.4 cm³/mol. The number of rotatable bonds is 3. The van der Waals surface area contributed by atoms with E-state index in [2.05, 4.69) is 4.98 Å². The number of carbonyl (C=O) groups is 1. The molecule has 2 rings (SSSR count). The summed E-state index contributed by atoms with van der Waals surface area (Å²) in [6.45, 7) is 2.16. The van der Waals surface area contributed by atoms with Gasteiger partial charge in [-0.1, -0.05) is 0 Å². The Balaban J connectivity index is 2.47. The highest BCUT2D eigenvalue weighted by molar-refractivity contribution is 7.16. The molecule has 6 heteroatoms. The van der Waals surface area contributed by atoms with Gasteiger partial charge in [-0.25, -0.2) is 4.98 Å². The molecule has 2 aromatic rings. The second-order valence-electron chi connectivity index (χ2n) is 3.56. The number of aryl methyl sites for hydroxylation is 2. The Morgan fingerprint density at radius 2 is 2.38 bits per heavy atom. The normalized spacial score (nSPS) is 10.8. The minimum absolute atomic E-state index is 0.106. The fourth-order valence-electron chi connectivity index (χ4n) is 1.49. The van der Waals surface area contributed by atoms with Crippen molar-refractivity contribution >= 4 is 27.5 Å². The Hall–Kier alpha value is -1.69. The second-order valence-corrected chi connectivity index (χ2v) is 4.42. The molecule has 0 aliphatic heterocycles. The summed E-state index contributed by atoms with van der Waals surface area (Å²) in [5, 5.41) is 2.54. The molecule has 0 unspecified atom stereocenters. The van der Waals surface area contributed by atoms with Crippen molar-refractivity contribution in [2.24, 2.45) is 5.73 Å². The van der Waals surface area contributed by atoms with Crippen LogP contribution < -0.4 is 11.3 Å². The van der Waals surface area contributed by atoms with E-state index >= 15 is 0 Å². The van der Waals surface area contributed by atoms with Crippen molar-refractivity contribution in [1.82, 2.24) is 9.55 Å². The minimum atomic E-state index is -0.422. The van der Waals surface area contributed by atoms with Crippen LogP contribution in [0.1, 0.15) is 12.0 Å². The molecule has 2 N–H and O–H groups in total. The average Bonchev–Trinajstić information content (AvgIpc) is 2.60. The quantitative estimate of drug-likeness (QED) is 0.851. The Kier molecular flexibility index (Phi) is 2.74. The van der Waals surface area contributed by atoms with E-state index in [0.29, 0.717) is 5.39 Å². The van der Waals surface area contributed by atoms with Crippen molar-refractivity contribution in [1.29, 1.82) is 0 Å². The van der Waals surface area contributed by atoms with E-state index in [1.165, 1.54) is 22.2 Å². The van der Waals surface area contributed by atoms with Crippen LogP contribution in [0.5, 0.6) is 0 Å². The topological polar surface area (TPSA) is 78.0 Å². The number of aromatic nitrogens is 2. The van der Waals surface area contributed by atoms with Crippen LogP contribution in [0.3, 0.4) is 0 Å². The number of carbonyl (C=O) groups excluding carboxylic acids is 1. The molecule has 5 nitrogen and oxygen atoms in total. The van der Waals surface area contributed by atoms with Crippen molar-refractivity contribution in [3.63, 3.8) is 0 Å². The van der Waals surface area contributed by atoms with Crippen molar-refractivity contribution < 1.29 is 4.79 Å². The SMILES string of the molecule is Cc1csc2ncn(CCC(N)=O)c(=O)c12. The zero-order chi connectivity index (χ0) is 11.7. The van der Waals surface area contributed by atoms with E-state index in [1.54, 1.807) is 0 Å². The Labute approximate surface area is 95.5 Å². The standard InChI is InChI=1S/C10H11N3O2S/c1-6-4-16-9-8(6)10(15)13(5-12-9)3-2-7(11)14/h4-5H,2-3H2,1H3,(H2,11,14). The first-order valence-corrected chi connectivity index (χ1v) is 5.69. The number of nitrogens with two attached hydrogens (primary N) is 1. The number of nitrogens with zero attached hydrogens (tertiary/aromatic N) is 2. The highest BCUT2D eigenvalue weighted by Gasteiger charge is 2.08. The highest BCUT2D eigenvalue weighted by Crippen LogP contribution is 2.19. The Morgan fingerprint density at radius 1 is 1.62 bits per heavy atom. The van der Waals surface area contributed by atoms with Crippen molar-refractivity contribution in [2.75, 3.05) is 0 Å². The Bertz CT molecular complexity index is 600. The summed E-state index contributed by atoms with van der Waals surface area (Å²) >= 11 is 1.45. The summed E-state index contributed by atoms with van der Waals surface area (Å²) in [6, 6.07) is 0. The van der Waals surface area contributed by atoms with E-state index < -0.39 is 5.91 Å². The molecule has 0 aromatic carbocycles. The van der Waals surface area contributed by atoms with Crippen molar-refractivity contribution in [3.05, 3.63) is 27.6 Å². The summed E-state index contributed by atoms with van der Waals surface area (Å²) < 4.78 is 1.42. The summed E-state index contributed by atoms with van der Waals surface area (Å²) in [7, 11) is 0. The maximum Gasteiger partial charge on any atom is 0.262 e.